The summed E-state index contributed by atoms with van der Waals surface area (Å²) >= 11 is 5.82. The van der Waals surface area contributed by atoms with Crippen LogP contribution in [0, 0.1) is 6.92 Å². The molecule has 0 aliphatic heterocycles. The molecule has 1 heterocycles. The van der Waals surface area contributed by atoms with Gasteiger partial charge in [-0.2, -0.15) is 0 Å². The number of nitrogens with one attached hydrogen (secondary N) is 1. The summed E-state index contributed by atoms with van der Waals surface area (Å²) in [6.07, 6.45) is 0. The highest BCUT2D eigenvalue weighted by Crippen LogP contribution is 2.26. The van der Waals surface area contributed by atoms with E-state index < -0.39 is 10.0 Å². The van der Waals surface area contributed by atoms with Crippen molar-refractivity contribution in [2.45, 2.75) is 11.8 Å². The minimum absolute atomic E-state index is 0.00646. The maximum Gasteiger partial charge on any atom is 0.263 e. The number of nitrogens with zero attached hydrogens (tertiary/aromatic N) is 1. The van der Waals surface area contributed by atoms with E-state index in [1.54, 1.807) is 25.1 Å². The average molecular weight is 273 g/mol. The number of benzene rings is 1. The number of aromatic nitrogens is 1. The Hall–Kier alpha value is -1.53. The largest absolute Gasteiger partial charge is 0.358 e. The van der Waals surface area contributed by atoms with Crippen LogP contribution in [0.5, 0.6) is 0 Å². The first-order valence-electron chi connectivity index (χ1n) is 4.70. The summed E-state index contributed by atoms with van der Waals surface area (Å²) in [6.45, 7) is 1.59. The average Bonchev–Trinajstić information content (AvgIpc) is 2.62. The maximum absolute atomic E-state index is 11.9. The molecule has 7 heteroatoms. The second-order valence-electron chi connectivity index (χ2n) is 3.32. The van der Waals surface area contributed by atoms with E-state index >= 15 is 0 Å². The van der Waals surface area contributed by atoms with Crippen LogP contribution in [-0.2, 0) is 10.0 Å². The highest BCUT2D eigenvalue weighted by Gasteiger charge is 2.19. The van der Waals surface area contributed by atoms with Crippen LogP contribution in [0.25, 0.3) is 0 Å². The fourth-order valence-corrected chi connectivity index (χ4v) is 2.41. The molecule has 0 atom stereocenters. The fraction of sp³-hybridized carbons (Fsp3) is 0.100. The van der Waals surface area contributed by atoms with E-state index in [0.29, 0.717) is 5.76 Å². The van der Waals surface area contributed by atoms with Crippen molar-refractivity contribution in [2.24, 2.45) is 0 Å². The molecule has 0 aliphatic carbocycles. The number of hydrogen-bond acceptors (Lipinski definition) is 4. The summed E-state index contributed by atoms with van der Waals surface area (Å²) < 4.78 is 30.9. The molecule has 0 fully saturated rings. The van der Waals surface area contributed by atoms with E-state index in [4.69, 9.17) is 16.1 Å². The van der Waals surface area contributed by atoms with Gasteiger partial charge in [-0.05, 0) is 19.1 Å². The highest BCUT2D eigenvalue weighted by atomic mass is 35.5. The van der Waals surface area contributed by atoms with E-state index in [2.05, 4.69) is 9.88 Å². The minimum atomic E-state index is -3.68. The molecule has 1 aromatic heterocycles. The Balaban J connectivity index is 2.34. The third kappa shape index (κ3) is 2.42. The van der Waals surface area contributed by atoms with Crippen LogP contribution in [0.4, 0.5) is 5.82 Å². The van der Waals surface area contributed by atoms with Gasteiger partial charge in [0.15, 0.2) is 5.76 Å². The minimum Gasteiger partial charge on any atom is -0.358 e. The van der Waals surface area contributed by atoms with E-state index in [1.165, 1.54) is 12.1 Å². The summed E-state index contributed by atoms with van der Waals surface area (Å²) in [5, 5.41) is 3.69. The monoisotopic (exact) mass is 272 g/mol. The van der Waals surface area contributed by atoms with E-state index in [-0.39, 0.29) is 15.7 Å². The standard InChI is InChI=1S/C10H9ClN2O3S/c1-7-9(11)10(12-16-7)13-17(14,15)8-5-3-2-4-6-8/h2-6H,1H3,(H,12,13). The van der Waals surface area contributed by atoms with Gasteiger partial charge in [-0.3, -0.25) is 4.72 Å². The Morgan fingerprint density at radius 2 is 1.94 bits per heavy atom. The number of hydrogen-bond donors (Lipinski definition) is 1. The molecule has 90 valence electrons. The van der Waals surface area contributed by atoms with Crippen LogP contribution in [-0.4, -0.2) is 13.6 Å². The van der Waals surface area contributed by atoms with Gasteiger partial charge in [0.25, 0.3) is 10.0 Å². The van der Waals surface area contributed by atoms with Crippen LogP contribution in [0.3, 0.4) is 0 Å². The normalized spacial score (nSPS) is 11.4. The van der Waals surface area contributed by atoms with Crippen LogP contribution < -0.4 is 4.72 Å². The van der Waals surface area contributed by atoms with Gasteiger partial charge in [-0.15, -0.1) is 0 Å². The fourth-order valence-electron chi connectivity index (χ4n) is 1.21. The van der Waals surface area contributed by atoms with Crippen molar-refractivity contribution in [3.8, 4) is 0 Å². The zero-order valence-corrected chi connectivity index (χ0v) is 10.4. The lowest BCUT2D eigenvalue weighted by Gasteiger charge is -2.04. The highest BCUT2D eigenvalue weighted by molar-refractivity contribution is 7.92. The lowest BCUT2D eigenvalue weighted by molar-refractivity contribution is 0.400. The molecule has 5 nitrogen and oxygen atoms in total. The number of aryl methyl sites for hydroxylation is 1. The first kappa shape index (κ1) is 11.9. The maximum atomic E-state index is 11.9. The SMILES string of the molecule is Cc1onc(NS(=O)(=O)c2ccccc2)c1Cl. The summed E-state index contributed by atoms with van der Waals surface area (Å²) in [6, 6.07) is 7.94. The topological polar surface area (TPSA) is 72.2 Å². The van der Waals surface area contributed by atoms with Crippen molar-refractivity contribution in [1.82, 2.24) is 5.16 Å². The molecular formula is C10H9ClN2O3S. The van der Waals surface area contributed by atoms with Crippen molar-refractivity contribution in [3.63, 3.8) is 0 Å². The number of sulfonamides is 1. The Labute approximate surface area is 103 Å². The second kappa shape index (κ2) is 4.38. The molecular weight excluding hydrogens is 264 g/mol. The van der Waals surface area contributed by atoms with Crippen molar-refractivity contribution < 1.29 is 12.9 Å². The molecule has 2 aromatic rings. The van der Waals surface area contributed by atoms with Gasteiger partial charge in [-0.1, -0.05) is 35.0 Å². The van der Waals surface area contributed by atoms with Gasteiger partial charge in [0.05, 0.1) is 4.90 Å². The number of halogens is 1. The summed E-state index contributed by atoms with van der Waals surface area (Å²) in [5.74, 6) is 0.352. The third-order valence-electron chi connectivity index (χ3n) is 2.08. The molecule has 17 heavy (non-hydrogen) atoms. The van der Waals surface area contributed by atoms with Crippen LogP contribution in [0.2, 0.25) is 5.02 Å². The predicted octanol–water partition coefficient (Wildman–Crippen LogP) is 2.44. The van der Waals surface area contributed by atoms with Crippen LogP contribution in [0.15, 0.2) is 39.8 Å². The van der Waals surface area contributed by atoms with Crippen molar-refractivity contribution in [1.29, 1.82) is 0 Å². The Morgan fingerprint density at radius 1 is 1.29 bits per heavy atom. The Morgan fingerprint density at radius 3 is 2.47 bits per heavy atom. The smallest absolute Gasteiger partial charge is 0.263 e. The predicted molar refractivity (Wildman–Crippen MR) is 63.5 cm³/mol. The molecule has 1 N–H and O–H groups in total. The lowest BCUT2D eigenvalue weighted by atomic mass is 10.4. The first-order valence-corrected chi connectivity index (χ1v) is 6.56. The molecule has 2 rings (SSSR count). The number of anilines is 1. The molecule has 0 spiro atoms. The zero-order chi connectivity index (χ0) is 12.5. The van der Waals surface area contributed by atoms with Crippen molar-refractivity contribution >= 4 is 27.4 Å². The number of rotatable bonds is 3. The van der Waals surface area contributed by atoms with E-state index in [1.807, 2.05) is 0 Å². The molecule has 1 aromatic carbocycles. The molecule has 0 radical (unpaired) electrons. The molecule has 0 unspecified atom stereocenters. The zero-order valence-electron chi connectivity index (χ0n) is 8.84. The molecule has 0 saturated carbocycles. The Bertz CT molecular complexity index is 622. The van der Waals surface area contributed by atoms with E-state index in [0.717, 1.165) is 0 Å². The van der Waals surface area contributed by atoms with Gasteiger partial charge < -0.3 is 4.52 Å². The van der Waals surface area contributed by atoms with Gasteiger partial charge in [0.2, 0.25) is 5.82 Å². The second-order valence-corrected chi connectivity index (χ2v) is 5.38. The first-order chi connectivity index (χ1) is 8.00. The third-order valence-corrected chi connectivity index (χ3v) is 3.88. The lowest BCUT2D eigenvalue weighted by Crippen LogP contribution is -2.13. The van der Waals surface area contributed by atoms with E-state index in [9.17, 15) is 8.42 Å². The summed E-state index contributed by atoms with van der Waals surface area (Å²) in [7, 11) is -3.68. The molecule has 0 aliphatic rings. The molecule has 0 saturated heterocycles. The van der Waals surface area contributed by atoms with Crippen molar-refractivity contribution in [2.75, 3.05) is 4.72 Å². The molecule has 0 amide bonds. The van der Waals surface area contributed by atoms with Gasteiger partial charge in [-0.25, -0.2) is 8.42 Å². The van der Waals surface area contributed by atoms with Crippen LogP contribution >= 0.6 is 11.6 Å². The van der Waals surface area contributed by atoms with Gasteiger partial charge in [0.1, 0.15) is 5.02 Å². The summed E-state index contributed by atoms with van der Waals surface area (Å²) in [4.78, 5) is 0.136. The van der Waals surface area contributed by atoms with Crippen molar-refractivity contribution in [3.05, 3.63) is 41.1 Å². The molecule has 0 bridgehead atoms. The summed E-state index contributed by atoms with van der Waals surface area (Å²) in [5.41, 5.74) is 0. The van der Waals surface area contributed by atoms with Gasteiger partial charge in [0, 0.05) is 0 Å². The Kier molecular flexibility index (Phi) is 3.08. The quantitative estimate of drug-likeness (QED) is 0.931. The van der Waals surface area contributed by atoms with Crippen LogP contribution in [0.1, 0.15) is 5.76 Å². The van der Waals surface area contributed by atoms with Gasteiger partial charge >= 0.3 is 0 Å².